The minimum Gasteiger partial charge on any atom is -0.283 e. The van der Waals surface area contributed by atoms with Crippen molar-refractivity contribution in [3.63, 3.8) is 0 Å². The van der Waals surface area contributed by atoms with Crippen LogP contribution in [0.5, 0.6) is 0 Å². The van der Waals surface area contributed by atoms with Crippen molar-refractivity contribution in [2.24, 2.45) is 0 Å². The molecule has 0 aliphatic rings. The molecule has 3 aromatic carbocycles. The second-order valence-corrected chi connectivity index (χ2v) is 7.81. The highest BCUT2D eigenvalue weighted by atomic mass is 35.5. The molecule has 146 valence electrons. The summed E-state index contributed by atoms with van der Waals surface area (Å²) in [6, 6.07) is 17.7. The van der Waals surface area contributed by atoms with E-state index in [0.717, 1.165) is 11.6 Å². The number of para-hydroxylation sites is 1. The van der Waals surface area contributed by atoms with Crippen LogP contribution in [-0.2, 0) is 12.3 Å². The maximum Gasteiger partial charge on any atom is 0.262 e. The van der Waals surface area contributed by atoms with E-state index in [1.165, 1.54) is 23.9 Å². The molecular weight excluding hydrogens is 414 g/mol. The van der Waals surface area contributed by atoms with E-state index in [-0.39, 0.29) is 17.9 Å². The molecule has 0 atom stereocenters. The van der Waals surface area contributed by atoms with Gasteiger partial charge in [-0.3, -0.25) is 9.36 Å². The predicted octanol–water partition coefficient (Wildman–Crippen LogP) is 5.67. The van der Waals surface area contributed by atoms with Gasteiger partial charge in [0.25, 0.3) is 5.56 Å². The summed E-state index contributed by atoms with van der Waals surface area (Å²) in [6.45, 7) is 0.246. The zero-order valence-corrected chi connectivity index (χ0v) is 16.7. The fraction of sp³-hybridized carbons (Fsp3) is 0.0909. The lowest BCUT2D eigenvalue weighted by Gasteiger charge is -2.14. The highest BCUT2D eigenvalue weighted by Crippen LogP contribution is 2.25. The van der Waals surface area contributed by atoms with Gasteiger partial charge in [-0.25, -0.2) is 13.8 Å². The first-order valence-corrected chi connectivity index (χ1v) is 10.2. The number of thioether (sulfide) groups is 1. The molecule has 4 rings (SSSR count). The summed E-state index contributed by atoms with van der Waals surface area (Å²) in [5.74, 6) is -1.01. The Hall–Kier alpha value is -2.70. The van der Waals surface area contributed by atoms with Crippen LogP contribution in [0.2, 0.25) is 5.02 Å². The highest BCUT2D eigenvalue weighted by Gasteiger charge is 2.14. The minimum absolute atomic E-state index is 0.191. The first kappa shape index (κ1) is 19.6. The van der Waals surface area contributed by atoms with Crippen molar-refractivity contribution >= 4 is 34.3 Å². The van der Waals surface area contributed by atoms with Gasteiger partial charge in [0, 0.05) is 16.8 Å². The molecule has 1 aromatic heterocycles. The molecule has 0 spiro atoms. The van der Waals surface area contributed by atoms with E-state index in [1.54, 1.807) is 28.8 Å². The van der Waals surface area contributed by atoms with Crippen LogP contribution in [-0.4, -0.2) is 9.55 Å². The largest absolute Gasteiger partial charge is 0.283 e. The SMILES string of the molecule is O=c1c2ccccc2nc(SCc2cc(F)cc(F)c2)n1Cc1ccccc1Cl. The number of fused-ring (bicyclic) bond motifs is 1. The van der Waals surface area contributed by atoms with Crippen molar-refractivity contribution < 1.29 is 8.78 Å². The van der Waals surface area contributed by atoms with Gasteiger partial charge in [0.2, 0.25) is 0 Å². The Morgan fingerprint density at radius 1 is 0.966 bits per heavy atom. The van der Waals surface area contributed by atoms with Gasteiger partial charge in [0.15, 0.2) is 5.16 Å². The fourth-order valence-electron chi connectivity index (χ4n) is 3.04. The number of aromatic nitrogens is 2. The van der Waals surface area contributed by atoms with E-state index in [4.69, 9.17) is 11.6 Å². The molecule has 0 fully saturated rings. The molecule has 7 heteroatoms. The molecule has 0 aliphatic heterocycles. The Balaban J connectivity index is 1.76. The number of benzene rings is 3. The van der Waals surface area contributed by atoms with Gasteiger partial charge in [0.1, 0.15) is 11.6 Å². The van der Waals surface area contributed by atoms with E-state index in [9.17, 15) is 13.6 Å². The number of hydrogen-bond donors (Lipinski definition) is 0. The summed E-state index contributed by atoms with van der Waals surface area (Å²) in [5.41, 5.74) is 1.63. The number of rotatable bonds is 5. The van der Waals surface area contributed by atoms with Crippen LogP contribution in [0.15, 0.2) is 76.7 Å². The van der Waals surface area contributed by atoms with Crippen molar-refractivity contribution in [1.29, 1.82) is 0 Å². The topological polar surface area (TPSA) is 34.9 Å². The van der Waals surface area contributed by atoms with Gasteiger partial charge in [-0.1, -0.05) is 53.7 Å². The monoisotopic (exact) mass is 428 g/mol. The Bertz CT molecular complexity index is 1240. The van der Waals surface area contributed by atoms with Crippen molar-refractivity contribution in [3.8, 4) is 0 Å². The quantitative estimate of drug-likeness (QED) is 0.303. The molecule has 0 amide bonds. The van der Waals surface area contributed by atoms with Gasteiger partial charge in [0.05, 0.1) is 17.4 Å². The van der Waals surface area contributed by atoms with Crippen LogP contribution in [0, 0.1) is 11.6 Å². The number of hydrogen-bond acceptors (Lipinski definition) is 3. The third-order valence-electron chi connectivity index (χ3n) is 4.40. The molecule has 0 bridgehead atoms. The highest BCUT2D eigenvalue weighted by molar-refractivity contribution is 7.98. The average molecular weight is 429 g/mol. The lowest BCUT2D eigenvalue weighted by Crippen LogP contribution is -2.24. The molecular formula is C22H15ClF2N2OS. The zero-order chi connectivity index (χ0) is 20.4. The Morgan fingerprint density at radius 2 is 1.66 bits per heavy atom. The molecule has 29 heavy (non-hydrogen) atoms. The third-order valence-corrected chi connectivity index (χ3v) is 5.82. The van der Waals surface area contributed by atoms with Gasteiger partial charge in [-0.15, -0.1) is 0 Å². The summed E-state index contributed by atoms with van der Waals surface area (Å²) < 4.78 is 28.6. The Labute approximate surface area is 175 Å². The van der Waals surface area contributed by atoms with E-state index in [0.29, 0.717) is 26.6 Å². The van der Waals surface area contributed by atoms with Crippen LogP contribution < -0.4 is 5.56 Å². The third kappa shape index (κ3) is 4.33. The van der Waals surface area contributed by atoms with Crippen LogP contribution >= 0.6 is 23.4 Å². The van der Waals surface area contributed by atoms with Gasteiger partial charge < -0.3 is 0 Å². The number of nitrogens with zero attached hydrogens (tertiary/aromatic N) is 2. The van der Waals surface area contributed by atoms with Crippen molar-refractivity contribution in [2.45, 2.75) is 17.5 Å². The van der Waals surface area contributed by atoms with Crippen LogP contribution in [0.4, 0.5) is 8.78 Å². The fourth-order valence-corrected chi connectivity index (χ4v) is 4.16. The van der Waals surface area contributed by atoms with Crippen molar-refractivity contribution in [1.82, 2.24) is 9.55 Å². The minimum atomic E-state index is -0.638. The second-order valence-electron chi connectivity index (χ2n) is 6.46. The summed E-state index contributed by atoms with van der Waals surface area (Å²) >= 11 is 7.53. The summed E-state index contributed by atoms with van der Waals surface area (Å²) in [7, 11) is 0. The maximum absolute atomic E-state index is 13.5. The summed E-state index contributed by atoms with van der Waals surface area (Å²) in [5, 5.41) is 1.51. The second kappa shape index (κ2) is 8.35. The molecule has 0 aliphatic carbocycles. The van der Waals surface area contributed by atoms with Gasteiger partial charge in [-0.2, -0.15) is 0 Å². The molecule has 0 radical (unpaired) electrons. The van der Waals surface area contributed by atoms with Crippen molar-refractivity contribution in [2.75, 3.05) is 0 Å². The average Bonchev–Trinajstić information content (AvgIpc) is 2.69. The normalized spacial score (nSPS) is 11.1. The molecule has 3 nitrogen and oxygen atoms in total. The summed E-state index contributed by atoms with van der Waals surface area (Å²) in [6.07, 6.45) is 0. The maximum atomic E-state index is 13.5. The smallest absolute Gasteiger partial charge is 0.262 e. The Morgan fingerprint density at radius 3 is 2.41 bits per heavy atom. The Kier molecular flexibility index (Phi) is 5.65. The van der Waals surface area contributed by atoms with Crippen molar-refractivity contribution in [3.05, 3.63) is 105 Å². The van der Waals surface area contributed by atoms with E-state index < -0.39 is 11.6 Å². The van der Waals surface area contributed by atoms with Gasteiger partial charge >= 0.3 is 0 Å². The van der Waals surface area contributed by atoms with Gasteiger partial charge in [-0.05, 0) is 41.5 Å². The van der Waals surface area contributed by atoms with Crippen LogP contribution in [0.25, 0.3) is 10.9 Å². The van der Waals surface area contributed by atoms with E-state index in [1.807, 2.05) is 24.3 Å². The summed E-state index contributed by atoms with van der Waals surface area (Å²) in [4.78, 5) is 17.7. The lowest BCUT2D eigenvalue weighted by atomic mass is 10.2. The molecule has 0 unspecified atom stereocenters. The first-order valence-electron chi connectivity index (χ1n) is 8.82. The van der Waals surface area contributed by atoms with Crippen LogP contribution in [0.1, 0.15) is 11.1 Å². The molecule has 0 N–H and O–H groups in total. The van der Waals surface area contributed by atoms with Crippen LogP contribution in [0.3, 0.4) is 0 Å². The molecule has 0 saturated heterocycles. The zero-order valence-electron chi connectivity index (χ0n) is 15.1. The predicted molar refractivity (Wildman–Crippen MR) is 112 cm³/mol. The number of halogens is 3. The standard InChI is InChI=1S/C22H15ClF2N2OS/c23-19-7-3-1-5-15(19)12-27-21(28)18-6-2-4-8-20(18)26-22(27)29-13-14-9-16(24)11-17(25)10-14/h1-11H,12-13H2. The lowest BCUT2D eigenvalue weighted by molar-refractivity contribution is 0.581. The molecule has 0 saturated carbocycles. The molecule has 1 heterocycles. The molecule has 4 aromatic rings. The first-order chi connectivity index (χ1) is 14.0. The van der Waals surface area contributed by atoms with E-state index in [2.05, 4.69) is 4.98 Å². The van der Waals surface area contributed by atoms with E-state index >= 15 is 0 Å².